The van der Waals surface area contributed by atoms with Crippen LogP contribution in [0.25, 0.3) is 0 Å². The summed E-state index contributed by atoms with van der Waals surface area (Å²) in [5, 5.41) is 0.824. The predicted molar refractivity (Wildman–Crippen MR) is 70.3 cm³/mol. The first-order chi connectivity index (χ1) is 7.25. The zero-order chi connectivity index (χ0) is 10.4. The van der Waals surface area contributed by atoms with Crippen molar-refractivity contribution in [3.05, 3.63) is 28.8 Å². The van der Waals surface area contributed by atoms with Crippen molar-refractivity contribution >= 4 is 34.2 Å². The molecule has 0 spiro atoms. The highest BCUT2D eigenvalue weighted by atomic mass is 127. The number of benzene rings is 1. The molecule has 2 aliphatic rings. The zero-order valence-electron chi connectivity index (χ0n) is 8.25. The second kappa shape index (κ2) is 3.81. The SMILES string of the molecule is Clc1ccc2c(c1)C1CCCC(O2)C1I. The van der Waals surface area contributed by atoms with Gasteiger partial charge in [0.05, 0.1) is 3.92 Å². The Labute approximate surface area is 108 Å². The molecule has 1 fully saturated rings. The molecule has 1 aromatic rings. The summed E-state index contributed by atoms with van der Waals surface area (Å²) in [6.07, 6.45) is 4.17. The largest absolute Gasteiger partial charge is 0.489 e. The van der Waals surface area contributed by atoms with Gasteiger partial charge in [-0.25, -0.2) is 0 Å². The van der Waals surface area contributed by atoms with Crippen molar-refractivity contribution < 1.29 is 4.74 Å². The molecule has 2 bridgehead atoms. The van der Waals surface area contributed by atoms with Gasteiger partial charge in [-0.15, -0.1) is 0 Å². The van der Waals surface area contributed by atoms with E-state index < -0.39 is 0 Å². The number of rotatable bonds is 0. The Balaban J connectivity index is 2.09. The molecule has 1 heterocycles. The molecule has 0 radical (unpaired) electrons. The summed E-state index contributed by atoms with van der Waals surface area (Å²) in [5.41, 5.74) is 1.32. The number of hydrogen-bond donors (Lipinski definition) is 0. The minimum atomic E-state index is 0.415. The lowest BCUT2D eigenvalue weighted by Crippen LogP contribution is -2.39. The lowest BCUT2D eigenvalue weighted by Gasteiger charge is -2.40. The van der Waals surface area contributed by atoms with Gasteiger partial charge >= 0.3 is 0 Å². The van der Waals surface area contributed by atoms with Crippen molar-refractivity contribution in [3.63, 3.8) is 0 Å². The third-order valence-corrected chi connectivity index (χ3v) is 5.30. The number of halogens is 2. The van der Waals surface area contributed by atoms with Crippen molar-refractivity contribution in [2.75, 3.05) is 0 Å². The van der Waals surface area contributed by atoms with Crippen LogP contribution in [0, 0.1) is 0 Å². The quantitative estimate of drug-likeness (QED) is 0.511. The standard InChI is InChI=1S/C12H12ClIO/c13-7-4-5-10-9(6-7)8-2-1-3-11(15-10)12(8)14/h4-6,8,11-12H,1-3H2. The highest BCUT2D eigenvalue weighted by Gasteiger charge is 2.39. The summed E-state index contributed by atoms with van der Waals surface area (Å²) in [6, 6.07) is 6.02. The van der Waals surface area contributed by atoms with Gasteiger partial charge in [-0.1, -0.05) is 34.2 Å². The molecule has 1 nitrogen and oxygen atoms in total. The van der Waals surface area contributed by atoms with Crippen LogP contribution in [0.15, 0.2) is 18.2 Å². The van der Waals surface area contributed by atoms with Gasteiger partial charge < -0.3 is 4.74 Å². The Bertz CT molecular complexity index is 393. The van der Waals surface area contributed by atoms with Gasteiger partial charge in [0.25, 0.3) is 0 Å². The van der Waals surface area contributed by atoms with Gasteiger partial charge in [0.15, 0.2) is 0 Å². The average Bonchev–Trinajstić information content (AvgIpc) is 2.20. The molecule has 3 rings (SSSR count). The Morgan fingerprint density at radius 1 is 1.33 bits per heavy atom. The maximum Gasteiger partial charge on any atom is 0.123 e. The van der Waals surface area contributed by atoms with E-state index in [9.17, 15) is 0 Å². The van der Waals surface area contributed by atoms with E-state index in [1.54, 1.807) is 0 Å². The first kappa shape index (κ1) is 10.2. The minimum Gasteiger partial charge on any atom is -0.489 e. The Kier molecular flexibility index (Phi) is 2.59. The molecular formula is C12H12ClIO. The smallest absolute Gasteiger partial charge is 0.123 e. The molecule has 1 aromatic carbocycles. The number of hydrogen-bond acceptors (Lipinski definition) is 1. The third-order valence-electron chi connectivity index (χ3n) is 3.39. The molecule has 3 atom stereocenters. The van der Waals surface area contributed by atoms with Gasteiger partial charge in [-0.05, 0) is 43.0 Å². The lowest BCUT2D eigenvalue weighted by atomic mass is 9.80. The summed E-state index contributed by atoms with van der Waals surface area (Å²) in [5.74, 6) is 1.70. The van der Waals surface area contributed by atoms with E-state index in [0.29, 0.717) is 15.9 Å². The maximum atomic E-state index is 6.04. The van der Waals surface area contributed by atoms with Crippen LogP contribution in [0.1, 0.15) is 30.7 Å². The molecule has 0 amide bonds. The summed E-state index contributed by atoms with van der Waals surface area (Å²) < 4.78 is 6.62. The molecular weight excluding hydrogens is 322 g/mol. The lowest BCUT2D eigenvalue weighted by molar-refractivity contribution is 0.133. The highest BCUT2D eigenvalue weighted by molar-refractivity contribution is 14.1. The first-order valence-electron chi connectivity index (χ1n) is 5.36. The van der Waals surface area contributed by atoms with Crippen molar-refractivity contribution in [1.82, 2.24) is 0 Å². The van der Waals surface area contributed by atoms with Crippen LogP contribution in [0.4, 0.5) is 0 Å². The molecule has 1 aliphatic heterocycles. The van der Waals surface area contributed by atoms with E-state index in [0.717, 1.165) is 10.8 Å². The summed E-state index contributed by atoms with van der Waals surface area (Å²) in [4.78, 5) is 0. The molecule has 0 saturated heterocycles. The highest BCUT2D eigenvalue weighted by Crippen LogP contribution is 2.47. The zero-order valence-corrected chi connectivity index (χ0v) is 11.2. The number of fused-ring (bicyclic) bond motifs is 4. The fourth-order valence-corrected chi connectivity index (χ4v) is 4.08. The average molecular weight is 335 g/mol. The van der Waals surface area contributed by atoms with Crippen molar-refractivity contribution in [3.8, 4) is 5.75 Å². The second-order valence-corrected chi connectivity index (χ2v) is 6.20. The van der Waals surface area contributed by atoms with Gasteiger partial charge in [0.1, 0.15) is 11.9 Å². The fraction of sp³-hybridized carbons (Fsp3) is 0.500. The fourth-order valence-electron chi connectivity index (χ4n) is 2.65. The van der Waals surface area contributed by atoms with E-state index in [1.165, 1.54) is 24.8 Å². The molecule has 0 aromatic heterocycles. The number of alkyl halides is 1. The van der Waals surface area contributed by atoms with Crippen LogP contribution in [-0.2, 0) is 0 Å². The number of ether oxygens (including phenoxy) is 1. The van der Waals surface area contributed by atoms with Crippen LogP contribution < -0.4 is 4.74 Å². The van der Waals surface area contributed by atoms with E-state index in [1.807, 2.05) is 12.1 Å². The van der Waals surface area contributed by atoms with Crippen LogP contribution in [0.3, 0.4) is 0 Å². The molecule has 0 N–H and O–H groups in total. The van der Waals surface area contributed by atoms with Gasteiger partial charge in [-0.3, -0.25) is 0 Å². The van der Waals surface area contributed by atoms with Crippen molar-refractivity contribution in [2.45, 2.75) is 35.2 Å². The van der Waals surface area contributed by atoms with Gasteiger partial charge in [-0.2, -0.15) is 0 Å². The van der Waals surface area contributed by atoms with Crippen LogP contribution in [0.5, 0.6) is 5.75 Å². The van der Waals surface area contributed by atoms with Crippen LogP contribution >= 0.6 is 34.2 Å². The topological polar surface area (TPSA) is 9.23 Å². The monoisotopic (exact) mass is 334 g/mol. The molecule has 1 saturated carbocycles. The van der Waals surface area contributed by atoms with Crippen LogP contribution in [-0.4, -0.2) is 10.0 Å². The normalized spacial score (nSPS) is 33.1. The molecule has 80 valence electrons. The maximum absolute atomic E-state index is 6.04. The van der Waals surface area contributed by atoms with Crippen LogP contribution in [0.2, 0.25) is 5.02 Å². The minimum absolute atomic E-state index is 0.415. The summed E-state index contributed by atoms with van der Waals surface area (Å²) in [6.45, 7) is 0. The third kappa shape index (κ3) is 1.66. The predicted octanol–water partition coefficient (Wildman–Crippen LogP) is 4.17. The van der Waals surface area contributed by atoms with Crippen molar-refractivity contribution in [2.24, 2.45) is 0 Å². The Morgan fingerprint density at radius 2 is 2.20 bits per heavy atom. The molecule has 1 aliphatic carbocycles. The molecule has 3 heteroatoms. The van der Waals surface area contributed by atoms with E-state index in [-0.39, 0.29) is 0 Å². The first-order valence-corrected chi connectivity index (χ1v) is 6.98. The summed E-state index contributed by atoms with van der Waals surface area (Å²) >= 11 is 8.58. The van der Waals surface area contributed by atoms with E-state index >= 15 is 0 Å². The van der Waals surface area contributed by atoms with Gasteiger partial charge in [0, 0.05) is 10.9 Å². The molecule has 3 unspecified atom stereocenters. The Morgan fingerprint density at radius 3 is 3.07 bits per heavy atom. The summed E-state index contributed by atoms with van der Waals surface area (Å²) in [7, 11) is 0. The van der Waals surface area contributed by atoms with Gasteiger partial charge in [0.2, 0.25) is 0 Å². The van der Waals surface area contributed by atoms with E-state index in [4.69, 9.17) is 16.3 Å². The molecule has 15 heavy (non-hydrogen) atoms. The van der Waals surface area contributed by atoms with E-state index in [2.05, 4.69) is 28.7 Å². The second-order valence-electron chi connectivity index (χ2n) is 4.32. The Hall–Kier alpha value is 0.0400. The van der Waals surface area contributed by atoms with Crippen molar-refractivity contribution in [1.29, 1.82) is 0 Å².